The monoisotopic (exact) mass is 247 g/mol. The van der Waals surface area contributed by atoms with Crippen LogP contribution in [-0.2, 0) is 9.13 Å². The molecule has 0 aromatic rings. The summed E-state index contributed by atoms with van der Waals surface area (Å²) in [5.74, 6) is 0. The normalized spacial score (nSPS) is 14.4. The third-order valence-electron chi connectivity index (χ3n) is 1.60. The van der Waals surface area contributed by atoms with Crippen molar-refractivity contribution in [3.63, 3.8) is 0 Å². The highest BCUT2D eigenvalue weighted by molar-refractivity contribution is 7.72. The maximum absolute atomic E-state index is 10.7. The molecule has 0 aliphatic heterocycles. The van der Waals surface area contributed by atoms with E-state index in [0.29, 0.717) is 0 Å². The van der Waals surface area contributed by atoms with Crippen molar-refractivity contribution < 1.29 is 33.8 Å². The molecule has 0 spiro atoms. The number of nitrogens with zero attached hydrogens (tertiary/aromatic N) is 1. The molecule has 0 saturated carbocycles. The van der Waals surface area contributed by atoms with Gasteiger partial charge < -0.3 is 24.7 Å². The smallest absolute Gasteiger partial charge is 0.368 e. The van der Waals surface area contributed by atoms with E-state index < -0.39 is 33.2 Å². The number of rotatable bonds is 5. The Hall–Kier alpha value is 0.220. The van der Waals surface area contributed by atoms with Crippen LogP contribution < -0.4 is 5.73 Å². The lowest BCUT2D eigenvalue weighted by Gasteiger charge is -2.28. The summed E-state index contributed by atoms with van der Waals surface area (Å²) in [6.07, 6.45) is -1.20. The van der Waals surface area contributed by atoms with Crippen molar-refractivity contribution in [2.24, 2.45) is 0 Å². The Morgan fingerprint density at radius 3 is 1.64 bits per heavy atom. The molecular weight excluding hydrogens is 236 g/mol. The molecule has 0 rings (SSSR count). The van der Waals surface area contributed by atoms with Gasteiger partial charge in [0.25, 0.3) is 5.08 Å². The second-order valence-electron chi connectivity index (χ2n) is 2.69. The number of hydrogen-bond donors (Lipinski definition) is 5. The van der Waals surface area contributed by atoms with Crippen LogP contribution in [0.5, 0.6) is 0 Å². The summed E-state index contributed by atoms with van der Waals surface area (Å²) >= 11 is 0. The maximum Gasteiger partial charge on any atom is 0.369 e. The van der Waals surface area contributed by atoms with Crippen molar-refractivity contribution in [3.05, 3.63) is 0 Å². The average Bonchev–Trinajstić information content (AvgIpc) is 1.95. The SMILES string of the molecule is [N]CCCC(O)(P(=O)(O)O)P(=O)(O)O. The summed E-state index contributed by atoms with van der Waals surface area (Å²) in [7, 11) is -10.7. The van der Waals surface area contributed by atoms with Gasteiger partial charge in [0.15, 0.2) is 0 Å². The number of hydrogen-bond acceptors (Lipinski definition) is 3. The van der Waals surface area contributed by atoms with Gasteiger partial charge in [-0.05, 0) is 6.42 Å². The van der Waals surface area contributed by atoms with Gasteiger partial charge in [-0.1, -0.05) is 0 Å². The molecule has 0 aliphatic carbocycles. The van der Waals surface area contributed by atoms with Gasteiger partial charge in [0.1, 0.15) is 0 Å². The molecule has 5 N–H and O–H groups in total. The van der Waals surface area contributed by atoms with Crippen molar-refractivity contribution >= 4 is 15.2 Å². The quantitative estimate of drug-likeness (QED) is 0.383. The van der Waals surface area contributed by atoms with Gasteiger partial charge in [0.2, 0.25) is 0 Å². The van der Waals surface area contributed by atoms with Crippen molar-refractivity contribution in [3.8, 4) is 0 Å². The lowest BCUT2D eigenvalue weighted by molar-refractivity contribution is 0.121. The van der Waals surface area contributed by atoms with Gasteiger partial charge in [0.05, 0.1) is 0 Å². The molecule has 0 atom stereocenters. The molecule has 0 amide bonds. The zero-order valence-electron chi connectivity index (χ0n) is 7.02. The summed E-state index contributed by atoms with van der Waals surface area (Å²) in [4.78, 5) is 34.3. The maximum atomic E-state index is 10.7. The van der Waals surface area contributed by atoms with E-state index in [4.69, 9.17) is 25.3 Å². The van der Waals surface area contributed by atoms with E-state index in [0.717, 1.165) is 0 Å². The van der Waals surface area contributed by atoms with E-state index >= 15 is 0 Å². The van der Waals surface area contributed by atoms with Crippen LogP contribution in [0.2, 0.25) is 0 Å². The largest absolute Gasteiger partial charge is 0.369 e. The van der Waals surface area contributed by atoms with E-state index in [1.807, 2.05) is 0 Å². The Balaban J connectivity index is 5.08. The first-order valence-corrected chi connectivity index (χ1v) is 6.73. The van der Waals surface area contributed by atoms with Crippen molar-refractivity contribution in [1.29, 1.82) is 0 Å². The molecule has 0 heterocycles. The zero-order valence-corrected chi connectivity index (χ0v) is 8.80. The van der Waals surface area contributed by atoms with E-state index in [-0.39, 0.29) is 6.42 Å². The zero-order chi connectivity index (χ0) is 11.6. The first-order valence-electron chi connectivity index (χ1n) is 3.51. The highest BCUT2D eigenvalue weighted by atomic mass is 31.2. The van der Waals surface area contributed by atoms with E-state index in [2.05, 4.69) is 0 Å². The molecular formula is C4H11NO7P2. The summed E-state index contributed by atoms with van der Waals surface area (Å²) < 4.78 is 21.4. The van der Waals surface area contributed by atoms with Gasteiger partial charge in [-0.3, -0.25) is 9.13 Å². The summed E-state index contributed by atoms with van der Waals surface area (Å²) in [6.45, 7) is -0.539. The highest BCUT2D eigenvalue weighted by Crippen LogP contribution is 2.69. The van der Waals surface area contributed by atoms with Gasteiger partial charge in [-0.25, -0.2) is 0 Å². The van der Waals surface area contributed by atoms with Crippen LogP contribution in [0.25, 0.3) is 0 Å². The van der Waals surface area contributed by atoms with Crippen molar-refractivity contribution in [2.75, 3.05) is 6.54 Å². The molecule has 0 aliphatic rings. The molecule has 0 fully saturated rings. The van der Waals surface area contributed by atoms with Crippen LogP contribution in [-0.4, -0.2) is 36.3 Å². The Morgan fingerprint density at radius 1 is 1.07 bits per heavy atom. The van der Waals surface area contributed by atoms with E-state index in [9.17, 15) is 14.2 Å². The fraction of sp³-hybridized carbons (Fsp3) is 1.00. The molecule has 10 heteroatoms. The second-order valence-corrected chi connectivity index (χ2v) is 6.70. The second kappa shape index (κ2) is 4.38. The topological polar surface area (TPSA) is 158 Å². The van der Waals surface area contributed by atoms with Gasteiger partial charge in [0, 0.05) is 13.0 Å². The summed E-state index contributed by atoms with van der Waals surface area (Å²) in [5, 5.41) is 5.78. The summed E-state index contributed by atoms with van der Waals surface area (Å²) in [6, 6.07) is 0. The van der Waals surface area contributed by atoms with Crippen molar-refractivity contribution in [1.82, 2.24) is 5.73 Å². The minimum absolute atomic E-state index is 0.327. The molecule has 2 radical (unpaired) electrons. The van der Waals surface area contributed by atoms with Gasteiger partial charge in [-0.2, -0.15) is 0 Å². The number of aliphatic hydroxyl groups is 1. The van der Waals surface area contributed by atoms with E-state index in [1.165, 1.54) is 0 Å². The van der Waals surface area contributed by atoms with Crippen LogP contribution in [0.4, 0.5) is 0 Å². The van der Waals surface area contributed by atoms with Gasteiger partial charge in [-0.15, -0.1) is 5.73 Å². The fourth-order valence-corrected chi connectivity index (χ4v) is 3.03. The minimum atomic E-state index is -5.36. The third-order valence-corrected chi connectivity index (χ3v) is 5.48. The first kappa shape index (κ1) is 14.2. The van der Waals surface area contributed by atoms with Crippen LogP contribution in [0, 0.1) is 0 Å². The Bertz CT molecular complexity index is 257. The van der Waals surface area contributed by atoms with Crippen molar-refractivity contribution in [2.45, 2.75) is 17.9 Å². The molecule has 0 unspecified atom stereocenters. The van der Waals surface area contributed by atoms with Crippen LogP contribution >= 0.6 is 15.2 Å². The molecule has 14 heavy (non-hydrogen) atoms. The Morgan fingerprint density at radius 2 is 1.43 bits per heavy atom. The fourth-order valence-electron chi connectivity index (χ4n) is 0.777. The highest BCUT2D eigenvalue weighted by Gasteiger charge is 2.58. The van der Waals surface area contributed by atoms with Gasteiger partial charge >= 0.3 is 15.2 Å². The Labute approximate surface area is 80.1 Å². The predicted molar refractivity (Wildman–Crippen MR) is 45.3 cm³/mol. The van der Waals surface area contributed by atoms with E-state index in [1.54, 1.807) is 0 Å². The van der Waals surface area contributed by atoms with Crippen LogP contribution in [0.15, 0.2) is 0 Å². The third kappa shape index (κ3) is 2.85. The van der Waals surface area contributed by atoms with Crippen LogP contribution in [0.1, 0.15) is 12.8 Å². The molecule has 0 saturated heterocycles. The lowest BCUT2D eigenvalue weighted by Crippen LogP contribution is -2.28. The molecule has 84 valence electrons. The average molecular weight is 247 g/mol. The van der Waals surface area contributed by atoms with Crippen LogP contribution in [0.3, 0.4) is 0 Å². The molecule has 0 aromatic carbocycles. The first-order chi connectivity index (χ1) is 6.06. The lowest BCUT2D eigenvalue weighted by atomic mass is 10.3. The predicted octanol–water partition coefficient (Wildman–Crippen LogP) is -1.16. The standard InChI is InChI=1S/C4H11NO7P2/c5-3-1-2-4(6,13(7,8)9)14(10,11)12/h6H,1-3H2,(H2,7,8,9)(H2,10,11,12). The molecule has 0 bridgehead atoms. The molecule has 8 nitrogen and oxygen atoms in total. The minimum Gasteiger partial charge on any atom is -0.368 e. The Kier molecular flexibility index (Phi) is 4.45. The summed E-state index contributed by atoms with van der Waals surface area (Å²) in [5.41, 5.74) is 8.34. The molecule has 0 aromatic heterocycles.